The third kappa shape index (κ3) is 2.78. The molecule has 1 fully saturated rings. The van der Waals surface area contributed by atoms with E-state index in [1.807, 2.05) is 6.07 Å². The number of hydrogen-bond acceptors (Lipinski definition) is 4. The summed E-state index contributed by atoms with van der Waals surface area (Å²) in [6.45, 7) is 9.01. The second kappa shape index (κ2) is 4.93. The molecule has 0 unspecified atom stereocenters. The Bertz CT molecular complexity index is 459. The van der Waals surface area contributed by atoms with Crippen LogP contribution >= 0.6 is 0 Å². The highest BCUT2D eigenvalue weighted by molar-refractivity contribution is 5.57. The first-order chi connectivity index (χ1) is 9.14. The predicted octanol–water partition coefficient (Wildman–Crippen LogP) is 2.04. The molecule has 104 valence electrons. The number of hydrogen-bond donors (Lipinski definition) is 1. The molecule has 19 heavy (non-hydrogen) atoms. The number of fused-ring (bicyclic) bond motifs is 1. The van der Waals surface area contributed by atoms with Gasteiger partial charge in [-0.05, 0) is 26.0 Å². The molecule has 0 bridgehead atoms. The highest BCUT2D eigenvalue weighted by Gasteiger charge is 2.26. The summed E-state index contributed by atoms with van der Waals surface area (Å²) in [6.07, 6.45) is 0.949. The molecule has 0 aromatic heterocycles. The second-order valence-corrected chi connectivity index (χ2v) is 5.91. The summed E-state index contributed by atoms with van der Waals surface area (Å²) < 4.78 is 11.4. The highest BCUT2D eigenvalue weighted by atomic mass is 16.5. The molecule has 4 nitrogen and oxygen atoms in total. The van der Waals surface area contributed by atoms with Crippen LogP contribution in [0.2, 0.25) is 0 Å². The second-order valence-electron chi connectivity index (χ2n) is 5.91. The maximum atomic E-state index is 5.76. The van der Waals surface area contributed by atoms with Gasteiger partial charge in [-0.2, -0.15) is 0 Å². The summed E-state index contributed by atoms with van der Waals surface area (Å²) >= 11 is 0. The van der Waals surface area contributed by atoms with Gasteiger partial charge < -0.3 is 19.7 Å². The minimum Gasteiger partial charge on any atom is -0.490 e. The third-order valence-electron chi connectivity index (χ3n) is 3.67. The van der Waals surface area contributed by atoms with Gasteiger partial charge in [0.1, 0.15) is 0 Å². The summed E-state index contributed by atoms with van der Waals surface area (Å²) in [5, 5.41) is 3.53. The number of anilines is 1. The first-order valence-electron chi connectivity index (χ1n) is 7.04. The monoisotopic (exact) mass is 262 g/mol. The molecule has 1 aromatic rings. The van der Waals surface area contributed by atoms with E-state index in [1.54, 1.807) is 0 Å². The van der Waals surface area contributed by atoms with Crippen LogP contribution in [0.3, 0.4) is 0 Å². The maximum absolute atomic E-state index is 5.76. The van der Waals surface area contributed by atoms with E-state index < -0.39 is 0 Å². The molecule has 2 heterocycles. The van der Waals surface area contributed by atoms with E-state index in [9.17, 15) is 0 Å². The van der Waals surface area contributed by atoms with Gasteiger partial charge >= 0.3 is 0 Å². The van der Waals surface area contributed by atoms with Gasteiger partial charge in [0.05, 0.1) is 13.2 Å². The largest absolute Gasteiger partial charge is 0.490 e. The van der Waals surface area contributed by atoms with Crippen LogP contribution in [0.1, 0.15) is 20.3 Å². The molecule has 0 spiro atoms. The Morgan fingerprint density at radius 2 is 1.95 bits per heavy atom. The summed E-state index contributed by atoms with van der Waals surface area (Å²) in [5.74, 6) is 1.75. The number of piperazine rings is 1. The molecule has 2 aliphatic rings. The van der Waals surface area contributed by atoms with Gasteiger partial charge in [0.15, 0.2) is 11.5 Å². The number of ether oxygens (including phenoxy) is 2. The van der Waals surface area contributed by atoms with Crippen molar-refractivity contribution in [2.45, 2.75) is 25.8 Å². The summed E-state index contributed by atoms with van der Waals surface area (Å²) in [5.41, 5.74) is 1.38. The van der Waals surface area contributed by atoms with Crippen LogP contribution in [0.4, 0.5) is 5.69 Å². The van der Waals surface area contributed by atoms with Gasteiger partial charge in [0, 0.05) is 43.3 Å². The third-order valence-corrected chi connectivity index (χ3v) is 3.67. The van der Waals surface area contributed by atoms with E-state index in [-0.39, 0.29) is 5.54 Å². The van der Waals surface area contributed by atoms with Gasteiger partial charge in [-0.1, -0.05) is 0 Å². The van der Waals surface area contributed by atoms with Crippen molar-refractivity contribution in [3.05, 3.63) is 18.2 Å². The van der Waals surface area contributed by atoms with E-state index in [4.69, 9.17) is 9.47 Å². The number of benzene rings is 1. The Morgan fingerprint density at radius 3 is 2.74 bits per heavy atom. The van der Waals surface area contributed by atoms with Gasteiger partial charge in [-0.3, -0.25) is 0 Å². The van der Waals surface area contributed by atoms with Crippen LogP contribution in [0.5, 0.6) is 11.5 Å². The maximum Gasteiger partial charge on any atom is 0.163 e. The van der Waals surface area contributed by atoms with Crippen LogP contribution in [0.15, 0.2) is 18.2 Å². The van der Waals surface area contributed by atoms with E-state index >= 15 is 0 Å². The SMILES string of the molecule is CC1(C)CN(c2ccc3c(c2)OCCCO3)CCN1. The number of nitrogens with zero attached hydrogens (tertiary/aromatic N) is 1. The van der Waals surface area contributed by atoms with Crippen molar-refractivity contribution in [2.75, 3.05) is 37.7 Å². The molecule has 0 radical (unpaired) electrons. The molecule has 1 N–H and O–H groups in total. The van der Waals surface area contributed by atoms with Crippen LogP contribution in [-0.4, -0.2) is 38.4 Å². The van der Waals surface area contributed by atoms with Crippen molar-refractivity contribution in [1.82, 2.24) is 5.32 Å². The minimum absolute atomic E-state index is 0.155. The fourth-order valence-electron chi connectivity index (χ4n) is 2.71. The van der Waals surface area contributed by atoms with Crippen molar-refractivity contribution in [3.63, 3.8) is 0 Å². The highest BCUT2D eigenvalue weighted by Crippen LogP contribution is 2.34. The summed E-state index contributed by atoms with van der Waals surface area (Å²) in [7, 11) is 0. The summed E-state index contributed by atoms with van der Waals surface area (Å²) in [6, 6.07) is 6.28. The van der Waals surface area contributed by atoms with Crippen LogP contribution in [0, 0.1) is 0 Å². The average molecular weight is 262 g/mol. The lowest BCUT2D eigenvalue weighted by molar-refractivity contribution is 0.297. The molecule has 1 saturated heterocycles. The molecule has 0 amide bonds. The molecule has 4 heteroatoms. The van der Waals surface area contributed by atoms with Crippen molar-refractivity contribution < 1.29 is 9.47 Å². The van der Waals surface area contributed by atoms with Crippen molar-refractivity contribution >= 4 is 5.69 Å². The fourth-order valence-corrected chi connectivity index (χ4v) is 2.71. The fraction of sp³-hybridized carbons (Fsp3) is 0.600. The standard InChI is InChI=1S/C15H22N2O2/c1-15(2)11-17(7-6-16-15)12-4-5-13-14(10-12)19-9-3-8-18-13/h4-5,10,16H,3,6-9,11H2,1-2H3. The number of rotatable bonds is 1. The topological polar surface area (TPSA) is 33.7 Å². The van der Waals surface area contributed by atoms with Crippen molar-refractivity contribution in [2.24, 2.45) is 0 Å². The van der Waals surface area contributed by atoms with Gasteiger partial charge in [-0.25, -0.2) is 0 Å². The predicted molar refractivity (Wildman–Crippen MR) is 76.3 cm³/mol. The molecular formula is C15H22N2O2. The van der Waals surface area contributed by atoms with E-state index in [2.05, 4.69) is 36.2 Å². The quantitative estimate of drug-likeness (QED) is 0.839. The lowest BCUT2D eigenvalue weighted by atomic mass is 10.0. The Hall–Kier alpha value is -1.42. The van der Waals surface area contributed by atoms with E-state index in [0.717, 1.165) is 50.8 Å². The molecule has 0 aliphatic carbocycles. The summed E-state index contributed by atoms with van der Waals surface area (Å²) in [4.78, 5) is 2.41. The normalized spacial score (nSPS) is 21.9. The van der Waals surface area contributed by atoms with Gasteiger partial charge in [0.2, 0.25) is 0 Å². The average Bonchev–Trinajstić information content (AvgIpc) is 2.61. The van der Waals surface area contributed by atoms with Crippen molar-refractivity contribution in [3.8, 4) is 11.5 Å². The first-order valence-corrected chi connectivity index (χ1v) is 7.04. The lowest BCUT2D eigenvalue weighted by Gasteiger charge is -2.40. The van der Waals surface area contributed by atoms with Crippen LogP contribution < -0.4 is 19.7 Å². The van der Waals surface area contributed by atoms with Gasteiger partial charge in [-0.15, -0.1) is 0 Å². The molecule has 1 aromatic carbocycles. The lowest BCUT2D eigenvalue weighted by Crippen LogP contribution is -2.57. The molecule has 2 aliphatic heterocycles. The zero-order chi connectivity index (χ0) is 13.3. The number of nitrogens with one attached hydrogen (secondary N) is 1. The Morgan fingerprint density at radius 1 is 1.16 bits per heavy atom. The van der Waals surface area contributed by atoms with Crippen LogP contribution in [0.25, 0.3) is 0 Å². The van der Waals surface area contributed by atoms with E-state index in [0.29, 0.717) is 0 Å². The smallest absolute Gasteiger partial charge is 0.163 e. The molecule has 0 atom stereocenters. The van der Waals surface area contributed by atoms with Crippen molar-refractivity contribution in [1.29, 1.82) is 0 Å². The zero-order valence-corrected chi connectivity index (χ0v) is 11.7. The Labute approximate surface area is 114 Å². The van der Waals surface area contributed by atoms with Gasteiger partial charge in [0.25, 0.3) is 0 Å². The Balaban J connectivity index is 1.83. The zero-order valence-electron chi connectivity index (χ0n) is 11.7. The van der Waals surface area contributed by atoms with E-state index in [1.165, 1.54) is 5.69 Å². The Kier molecular flexibility index (Phi) is 3.27. The minimum atomic E-state index is 0.155. The molecule has 0 saturated carbocycles. The van der Waals surface area contributed by atoms with Crippen LogP contribution in [-0.2, 0) is 0 Å². The molecular weight excluding hydrogens is 240 g/mol. The first kappa shape index (κ1) is 12.6. The molecule has 3 rings (SSSR count).